The van der Waals surface area contributed by atoms with Gasteiger partial charge in [-0.15, -0.1) is 0 Å². The first-order valence-electron chi connectivity index (χ1n) is 5.77. The van der Waals surface area contributed by atoms with Gasteiger partial charge in [0.05, 0.1) is 0 Å². The molecule has 0 spiro atoms. The highest BCUT2D eigenvalue weighted by atomic mass is 28.3. The molecular weight excluding hydrogens is 188 g/mol. The Hall–Kier alpha value is 0.434. The minimum absolute atomic E-state index is 0.771. The molecule has 0 aliphatic rings. The van der Waals surface area contributed by atoms with Crippen LogP contribution in [0.15, 0.2) is 0 Å². The van der Waals surface area contributed by atoms with E-state index in [-0.39, 0.29) is 0 Å². The van der Waals surface area contributed by atoms with E-state index >= 15 is 0 Å². The average Bonchev–Trinajstić information content (AvgIpc) is 1.97. The predicted molar refractivity (Wildman–Crippen MR) is 70.2 cm³/mol. The van der Waals surface area contributed by atoms with Crippen molar-refractivity contribution in [3.8, 4) is 0 Å². The van der Waals surface area contributed by atoms with Crippen LogP contribution in [0.25, 0.3) is 0 Å². The summed E-state index contributed by atoms with van der Waals surface area (Å²) in [5.41, 5.74) is 0. The normalized spacial score (nSPS) is 13.4. The summed E-state index contributed by atoms with van der Waals surface area (Å²) in [4.78, 5) is 0. The molecule has 0 aliphatic carbocycles. The summed E-state index contributed by atoms with van der Waals surface area (Å²) < 4.78 is 0. The fourth-order valence-electron chi connectivity index (χ4n) is 1.49. The summed E-state index contributed by atoms with van der Waals surface area (Å²) >= 11 is 0. The van der Waals surface area contributed by atoms with Crippen molar-refractivity contribution in [3.05, 3.63) is 0 Å². The average molecular weight is 217 g/mol. The molecule has 0 saturated carbocycles. The van der Waals surface area contributed by atoms with Crippen LogP contribution in [0.2, 0.25) is 50.9 Å². The Bertz CT molecular complexity index is 134. The van der Waals surface area contributed by atoms with Gasteiger partial charge in [-0.25, -0.2) is 0 Å². The smallest absolute Gasteiger partial charge is 0.0470 e. The molecule has 0 aliphatic heterocycles. The third kappa shape index (κ3) is 8.76. The lowest BCUT2D eigenvalue weighted by molar-refractivity contribution is 0.863. The van der Waals surface area contributed by atoms with Crippen LogP contribution in [0.1, 0.15) is 19.8 Å². The van der Waals surface area contributed by atoms with Crippen molar-refractivity contribution in [2.24, 2.45) is 0 Å². The van der Waals surface area contributed by atoms with Gasteiger partial charge in [0.2, 0.25) is 0 Å². The van der Waals surface area contributed by atoms with Crippen molar-refractivity contribution in [2.75, 3.05) is 0 Å². The number of hydrogen-bond acceptors (Lipinski definition) is 0. The third-order valence-electron chi connectivity index (χ3n) is 2.76. The van der Waals surface area contributed by atoms with E-state index in [0.717, 1.165) is 0 Å². The van der Waals surface area contributed by atoms with E-state index in [2.05, 4.69) is 39.7 Å². The molecule has 0 aromatic rings. The van der Waals surface area contributed by atoms with Crippen molar-refractivity contribution in [1.82, 2.24) is 0 Å². The number of unbranched alkanes of at least 4 members (excludes halogenated alkanes) is 1. The summed E-state index contributed by atoms with van der Waals surface area (Å²) in [6.07, 6.45) is 2.84. The molecule has 0 aromatic heterocycles. The molecule has 2 heteroatoms. The highest BCUT2D eigenvalue weighted by Gasteiger charge is 2.23. The van der Waals surface area contributed by atoms with E-state index in [9.17, 15) is 0 Å². The molecule has 0 unspecified atom stereocenters. The zero-order valence-electron chi connectivity index (χ0n) is 10.5. The maximum absolute atomic E-state index is 2.57. The van der Waals surface area contributed by atoms with E-state index < -0.39 is 16.1 Å². The summed E-state index contributed by atoms with van der Waals surface area (Å²) in [6, 6.07) is 4.67. The highest BCUT2D eigenvalue weighted by molar-refractivity contribution is 6.82. The zero-order chi connectivity index (χ0) is 10.5. The Kier molecular flexibility index (Phi) is 5.53. The van der Waals surface area contributed by atoms with Gasteiger partial charge in [0.25, 0.3) is 0 Å². The van der Waals surface area contributed by atoms with Crippen LogP contribution in [-0.2, 0) is 0 Å². The maximum atomic E-state index is 2.57. The lowest BCUT2D eigenvalue weighted by atomic mass is 10.4. The van der Waals surface area contributed by atoms with Crippen molar-refractivity contribution in [1.29, 1.82) is 0 Å². The van der Waals surface area contributed by atoms with Gasteiger partial charge in [-0.2, -0.15) is 0 Å². The Morgan fingerprint density at radius 1 is 0.769 bits per heavy atom. The van der Waals surface area contributed by atoms with Crippen LogP contribution >= 0.6 is 0 Å². The monoisotopic (exact) mass is 216 g/mol. The van der Waals surface area contributed by atoms with E-state index in [1.165, 1.54) is 12.8 Å². The Labute approximate surface area is 87.2 Å². The Balaban J connectivity index is 3.75. The second-order valence-corrected chi connectivity index (χ2v) is 17.3. The lowest BCUT2D eigenvalue weighted by Gasteiger charge is -2.26. The van der Waals surface area contributed by atoms with Crippen molar-refractivity contribution < 1.29 is 0 Å². The molecule has 13 heavy (non-hydrogen) atoms. The minimum atomic E-state index is -0.799. The van der Waals surface area contributed by atoms with Gasteiger partial charge in [0.15, 0.2) is 0 Å². The van der Waals surface area contributed by atoms with Crippen molar-refractivity contribution in [3.63, 3.8) is 0 Å². The standard InChI is InChI=1S/C11H28Si2/c1-7-8-9-13(5,6)11-10-12(2,3)4/h7-11H2,1-6H3. The lowest BCUT2D eigenvalue weighted by Crippen LogP contribution is -2.29. The molecule has 0 fully saturated rings. The predicted octanol–water partition coefficient (Wildman–Crippen LogP) is 4.83. The van der Waals surface area contributed by atoms with E-state index in [0.29, 0.717) is 0 Å². The summed E-state index contributed by atoms with van der Waals surface area (Å²) in [5, 5.41) is 0. The summed E-state index contributed by atoms with van der Waals surface area (Å²) in [7, 11) is -1.57. The van der Waals surface area contributed by atoms with Crippen LogP contribution in [0.5, 0.6) is 0 Å². The van der Waals surface area contributed by atoms with Crippen LogP contribution < -0.4 is 0 Å². The van der Waals surface area contributed by atoms with E-state index in [1.807, 2.05) is 0 Å². The Morgan fingerprint density at radius 2 is 1.31 bits per heavy atom. The molecule has 0 amide bonds. The highest BCUT2D eigenvalue weighted by Crippen LogP contribution is 2.24. The molecule has 0 radical (unpaired) electrons. The quantitative estimate of drug-likeness (QED) is 0.558. The van der Waals surface area contributed by atoms with E-state index in [1.54, 1.807) is 18.1 Å². The SMILES string of the molecule is CCCC[Si](C)(C)CC[Si](C)(C)C. The second kappa shape index (κ2) is 5.35. The van der Waals surface area contributed by atoms with Crippen LogP contribution in [0.3, 0.4) is 0 Å². The molecule has 0 saturated heterocycles. The molecule has 0 bridgehead atoms. The topological polar surface area (TPSA) is 0 Å². The molecule has 0 N–H and O–H groups in total. The molecule has 0 rings (SSSR count). The van der Waals surface area contributed by atoms with Gasteiger partial charge in [-0.3, -0.25) is 0 Å². The number of hydrogen-bond donors (Lipinski definition) is 0. The largest absolute Gasteiger partial charge is 0.0696 e. The molecule has 0 aromatic carbocycles. The van der Waals surface area contributed by atoms with Gasteiger partial charge >= 0.3 is 0 Å². The molecule has 0 nitrogen and oxygen atoms in total. The molecule has 0 atom stereocenters. The third-order valence-corrected chi connectivity index (χ3v) is 8.32. The van der Waals surface area contributed by atoms with Crippen LogP contribution in [-0.4, -0.2) is 16.1 Å². The van der Waals surface area contributed by atoms with Gasteiger partial charge in [-0.1, -0.05) is 70.6 Å². The zero-order valence-corrected chi connectivity index (χ0v) is 12.5. The summed E-state index contributed by atoms with van der Waals surface area (Å²) in [5.74, 6) is 0. The van der Waals surface area contributed by atoms with Gasteiger partial charge in [0.1, 0.15) is 0 Å². The minimum Gasteiger partial charge on any atom is -0.0696 e. The fourth-order valence-corrected chi connectivity index (χ4v) is 8.76. The first-order chi connectivity index (χ1) is 5.77. The molecular formula is C11H28Si2. The van der Waals surface area contributed by atoms with Gasteiger partial charge < -0.3 is 0 Å². The van der Waals surface area contributed by atoms with E-state index in [4.69, 9.17) is 0 Å². The Morgan fingerprint density at radius 3 is 1.69 bits per heavy atom. The van der Waals surface area contributed by atoms with Crippen LogP contribution in [0, 0.1) is 0 Å². The second-order valence-electron chi connectivity index (χ2n) is 6.33. The van der Waals surface area contributed by atoms with Gasteiger partial charge in [-0.05, 0) is 0 Å². The fraction of sp³-hybridized carbons (Fsp3) is 1.00. The van der Waals surface area contributed by atoms with Crippen molar-refractivity contribution >= 4 is 16.1 Å². The maximum Gasteiger partial charge on any atom is 0.0470 e. The first kappa shape index (κ1) is 13.4. The first-order valence-corrected chi connectivity index (χ1v) is 12.9. The molecule has 80 valence electrons. The van der Waals surface area contributed by atoms with Crippen molar-refractivity contribution in [2.45, 2.75) is 70.6 Å². The number of rotatable bonds is 6. The van der Waals surface area contributed by atoms with Gasteiger partial charge in [0, 0.05) is 16.1 Å². The summed E-state index contributed by atoms with van der Waals surface area (Å²) in [6.45, 7) is 14.9. The van der Waals surface area contributed by atoms with Crippen LogP contribution in [0.4, 0.5) is 0 Å². The molecule has 0 heterocycles.